The maximum Gasteiger partial charge on any atom is 0.239 e. The average molecular weight is 301 g/mol. The smallest absolute Gasteiger partial charge is 0.239 e. The van der Waals surface area contributed by atoms with Gasteiger partial charge in [0.25, 0.3) is 0 Å². The second-order valence-electron chi connectivity index (χ2n) is 3.74. The van der Waals surface area contributed by atoms with Gasteiger partial charge in [0.05, 0.1) is 11.8 Å². The first kappa shape index (κ1) is 13.8. The summed E-state index contributed by atoms with van der Waals surface area (Å²) < 4.78 is 0. The van der Waals surface area contributed by atoms with Crippen LogP contribution in [0.1, 0.15) is 6.92 Å². The van der Waals surface area contributed by atoms with Gasteiger partial charge in [-0.05, 0) is 31.2 Å². The lowest BCUT2D eigenvalue weighted by Gasteiger charge is -2.11. The van der Waals surface area contributed by atoms with Crippen molar-refractivity contribution in [2.45, 2.75) is 17.1 Å². The molecule has 1 unspecified atom stereocenters. The standard InChI is InChI=1S/C12H13ClN2OS2/c1-8(11(16)15-12-14-6-7-17-12)18-10-4-2-9(13)3-5-10/h2-5,8H,6-7H2,1H3,(H,14,15,16). The molecule has 0 saturated carbocycles. The Morgan fingerprint density at radius 1 is 1.50 bits per heavy atom. The summed E-state index contributed by atoms with van der Waals surface area (Å²) in [5.41, 5.74) is 0. The fourth-order valence-electron chi connectivity index (χ4n) is 1.39. The summed E-state index contributed by atoms with van der Waals surface area (Å²) in [4.78, 5) is 17.1. The van der Waals surface area contributed by atoms with Crippen LogP contribution in [0.25, 0.3) is 0 Å². The van der Waals surface area contributed by atoms with E-state index in [-0.39, 0.29) is 11.2 Å². The van der Waals surface area contributed by atoms with Crippen LogP contribution < -0.4 is 5.32 Å². The second kappa shape index (κ2) is 6.50. The Hall–Kier alpha value is -0.650. The molecule has 0 fully saturated rings. The molecule has 18 heavy (non-hydrogen) atoms. The van der Waals surface area contributed by atoms with Gasteiger partial charge in [-0.3, -0.25) is 9.79 Å². The van der Waals surface area contributed by atoms with Gasteiger partial charge in [-0.15, -0.1) is 11.8 Å². The normalized spacial score (nSPS) is 16.2. The number of halogens is 1. The van der Waals surface area contributed by atoms with Crippen LogP contribution in [0.3, 0.4) is 0 Å². The quantitative estimate of drug-likeness (QED) is 0.872. The highest BCUT2D eigenvalue weighted by Gasteiger charge is 2.17. The maximum atomic E-state index is 11.9. The molecule has 0 bridgehead atoms. The van der Waals surface area contributed by atoms with Crippen LogP contribution in [0.5, 0.6) is 0 Å². The summed E-state index contributed by atoms with van der Waals surface area (Å²) in [6.45, 7) is 2.67. The first-order valence-corrected chi connectivity index (χ1v) is 7.80. The van der Waals surface area contributed by atoms with E-state index < -0.39 is 0 Å². The fourth-order valence-corrected chi connectivity index (χ4v) is 3.11. The average Bonchev–Trinajstić information content (AvgIpc) is 2.85. The highest BCUT2D eigenvalue weighted by Crippen LogP contribution is 2.25. The van der Waals surface area contributed by atoms with Crippen molar-refractivity contribution in [1.82, 2.24) is 5.32 Å². The Morgan fingerprint density at radius 3 is 2.83 bits per heavy atom. The minimum absolute atomic E-state index is 0.0110. The molecule has 6 heteroatoms. The van der Waals surface area contributed by atoms with Crippen LogP contribution in [-0.4, -0.2) is 28.6 Å². The highest BCUT2D eigenvalue weighted by molar-refractivity contribution is 8.14. The van der Waals surface area contributed by atoms with E-state index in [4.69, 9.17) is 11.6 Å². The fraction of sp³-hybridized carbons (Fsp3) is 0.333. The monoisotopic (exact) mass is 300 g/mol. The van der Waals surface area contributed by atoms with E-state index in [9.17, 15) is 4.79 Å². The minimum atomic E-state index is -0.157. The van der Waals surface area contributed by atoms with Crippen LogP contribution in [-0.2, 0) is 4.79 Å². The zero-order chi connectivity index (χ0) is 13.0. The number of nitrogens with one attached hydrogen (secondary N) is 1. The second-order valence-corrected chi connectivity index (χ2v) is 6.67. The lowest BCUT2D eigenvalue weighted by atomic mass is 10.4. The highest BCUT2D eigenvalue weighted by atomic mass is 35.5. The number of amidine groups is 1. The number of benzene rings is 1. The molecule has 3 nitrogen and oxygen atoms in total. The number of carbonyl (C=O) groups excluding carboxylic acids is 1. The van der Waals surface area contributed by atoms with Crippen molar-refractivity contribution < 1.29 is 4.79 Å². The third-order valence-corrected chi connectivity index (χ3v) is 4.57. The van der Waals surface area contributed by atoms with Crippen molar-refractivity contribution in [3.8, 4) is 0 Å². The lowest BCUT2D eigenvalue weighted by Crippen LogP contribution is -2.33. The molecule has 0 radical (unpaired) electrons. The number of aliphatic imine (C=N–C) groups is 1. The van der Waals surface area contributed by atoms with Crippen LogP contribution in [0, 0.1) is 0 Å². The van der Waals surface area contributed by atoms with Gasteiger partial charge in [0.1, 0.15) is 0 Å². The predicted molar refractivity (Wildman–Crippen MR) is 79.7 cm³/mol. The summed E-state index contributed by atoms with van der Waals surface area (Å²) in [5.74, 6) is 0.942. The summed E-state index contributed by atoms with van der Waals surface area (Å²) in [7, 11) is 0. The lowest BCUT2D eigenvalue weighted by molar-refractivity contribution is -0.118. The third-order valence-electron chi connectivity index (χ3n) is 2.31. The zero-order valence-electron chi connectivity index (χ0n) is 9.85. The summed E-state index contributed by atoms with van der Waals surface area (Å²) in [5, 5.41) is 4.12. The number of thioether (sulfide) groups is 2. The van der Waals surface area contributed by atoms with Gasteiger partial charge in [-0.25, -0.2) is 0 Å². The Morgan fingerprint density at radius 2 is 2.22 bits per heavy atom. The largest absolute Gasteiger partial charge is 0.304 e. The van der Waals surface area contributed by atoms with E-state index in [0.29, 0.717) is 5.02 Å². The molecular weight excluding hydrogens is 288 g/mol. The maximum absolute atomic E-state index is 11.9. The molecule has 2 rings (SSSR count). The molecule has 1 aromatic rings. The van der Waals surface area contributed by atoms with E-state index in [1.807, 2.05) is 31.2 Å². The number of rotatable bonds is 3. The van der Waals surface area contributed by atoms with E-state index >= 15 is 0 Å². The molecule has 1 aromatic carbocycles. The van der Waals surface area contributed by atoms with Crippen molar-refractivity contribution in [2.75, 3.05) is 12.3 Å². The van der Waals surface area contributed by atoms with Gasteiger partial charge < -0.3 is 5.32 Å². The van der Waals surface area contributed by atoms with Crippen molar-refractivity contribution in [3.05, 3.63) is 29.3 Å². The van der Waals surface area contributed by atoms with E-state index in [2.05, 4.69) is 10.3 Å². The molecule has 1 heterocycles. The molecule has 1 atom stereocenters. The number of hydrogen-bond donors (Lipinski definition) is 1. The van der Waals surface area contributed by atoms with E-state index in [0.717, 1.165) is 22.4 Å². The molecule has 1 N–H and O–H groups in total. The van der Waals surface area contributed by atoms with Crippen LogP contribution in [0.15, 0.2) is 34.2 Å². The molecule has 0 aromatic heterocycles. The molecule has 1 aliphatic heterocycles. The number of nitrogens with zero attached hydrogens (tertiary/aromatic N) is 1. The Kier molecular flexibility index (Phi) is 4.97. The van der Waals surface area contributed by atoms with Gasteiger partial charge >= 0.3 is 0 Å². The van der Waals surface area contributed by atoms with Crippen molar-refractivity contribution in [2.24, 2.45) is 4.99 Å². The van der Waals surface area contributed by atoms with Crippen molar-refractivity contribution in [1.29, 1.82) is 0 Å². The minimum Gasteiger partial charge on any atom is -0.304 e. The Balaban J connectivity index is 1.88. The van der Waals surface area contributed by atoms with E-state index in [1.165, 1.54) is 11.8 Å². The van der Waals surface area contributed by atoms with E-state index in [1.54, 1.807) is 11.8 Å². The van der Waals surface area contributed by atoms with Gasteiger partial charge in [-0.2, -0.15) is 0 Å². The molecule has 1 amide bonds. The van der Waals surface area contributed by atoms with Crippen LogP contribution in [0.4, 0.5) is 0 Å². The first-order valence-electron chi connectivity index (χ1n) is 5.55. The third kappa shape index (κ3) is 3.93. The number of hydrogen-bond acceptors (Lipinski definition) is 4. The van der Waals surface area contributed by atoms with Gasteiger partial charge in [0.15, 0.2) is 5.17 Å². The zero-order valence-corrected chi connectivity index (χ0v) is 12.2. The summed E-state index contributed by atoms with van der Waals surface area (Å²) in [6.07, 6.45) is 0. The van der Waals surface area contributed by atoms with Crippen LogP contribution >= 0.6 is 35.1 Å². The molecule has 0 spiro atoms. The van der Waals surface area contributed by atoms with Gasteiger partial charge in [-0.1, -0.05) is 23.4 Å². The molecule has 1 aliphatic rings. The Bertz CT molecular complexity index is 462. The molecule has 96 valence electrons. The summed E-state index contributed by atoms with van der Waals surface area (Å²) in [6, 6.07) is 7.48. The topological polar surface area (TPSA) is 41.5 Å². The first-order chi connectivity index (χ1) is 8.65. The van der Waals surface area contributed by atoms with Crippen molar-refractivity contribution in [3.63, 3.8) is 0 Å². The number of amides is 1. The molecular formula is C12H13ClN2OS2. The van der Waals surface area contributed by atoms with Gasteiger partial charge in [0, 0.05) is 15.7 Å². The predicted octanol–water partition coefficient (Wildman–Crippen LogP) is 3.04. The summed E-state index contributed by atoms with van der Waals surface area (Å²) >= 11 is 8.91. The van der Waals surface area contributed by atoms with Crippen LogP contribution in [0.2, 0.25) is 5.02 Å². The molecule has 0 saturated heterocycles. The molecule has 0 aliphatic carbocycles. The van der Waals surface area contributed by atoms with Gasteiger partial charge in [0.2, 0.25) is 5.91 Å². The number of carbonyl (C=O) groups is 1. The van der Waals surface area contributed by atoms with Crippen molar-refractivity contribution >= 4 is 46.2 Å². The SMILES string of the molecule is CC(Sc1ccc(Cl)cc1)C(=O)NC1=NCCS1. The Labute approximate surface area is 120 Å².